The van der Waals surface area contributed by atoms with Gasteiger partial charge in [-0.25, -0.2) is 0 Å². The average Bonchev–Trinajstić information content (AvgIpc) is 2.57. The monoisotopic (exact) mass is 390 g/mol. The molecule has 0 radical (unpaired) electrons. The van der Waals surface area contributed by atoms with Crippen LogP contribution in [0.5, 0.6) is 0 Å². The molecule has 0 aliphatic rings. The molecule has 0 rings (SSSR count). The Hall–Kier alpha value is -1.16. The summed E-state index contributed by atoms with van der Waals surface area (Å²) in [6.45, 7) is 3.70. The summed E-state index contributed by atoms with van der Waals surface area (Å²) in [5.74, 6) is -1.04. The zero-order valence-corrected chi connectivity index (χ0v) is 17.4. The van der Waals surface area contributed by atoms with Crippen molar-refractivity contribution in [2.24, 2.45) is 0 Å². The molecule has 1 N–H and O–H groups in total. The maximum absolute atomic E-state index is 11.6. The Morgan fingerprint density at radius 2 is 1.27 bits per heavy atom. The Morgan fingerprint density at radius 1 is 0.808 bits per heavy atom. The average molecular weight is 390 g/mol. The van der Waals surface area contributed by atoms with Crippen molar-refractivity contribution in [3.8, 4) is 0 Å². The molecule has 0 aromatic rings. The van der Waals surface area contributed by atoms with Crippen LogP contribution in [0.2, 0.25) is 0 Å². The molecule has 0 aliphatic carbocycles. The summed E-state index contributed by atoms with van der Waals surface area (Å²) < 4.78 is 9.79. The summed E-state index contributed by atoms with van der Waals surface area (Å²) in [5, 5.41) is 8.73. The van der Waals surface area contributed by atoms with E-state index < -0.39 is 5.97 Å². The molecule has 0 aromatic heterocycles. The number of carbonyl (C=O) groups excluding carboxylic acids is 2. The molecule has 0 aromatic carbocycles. The Kier molecular flexibility index (Phi) is 15.3. The molecule has 26 heavy (non-hydrogen) atoms. The van der Waals surface area contributed by atoms with E-state index in [1.54, 1.807) is 0 Å². The summed E-state index contributed by atoms with van der Waals surface area (Å²) in [6.07, 6.45) is 9.65. The Labute approximate surface area is 158 Å². The van der Waals surface area contributed by atoms with Crippen LogP contribution in [0.15, 0.2) is 0 Å². The Balaban J connectivity index is 4.07. The Bertz CT molecular complexity index is 411. The maximum atomic E-state index is 11.6. The fourth-order valence-corrected chi connectivity index (χ4v) is 5.26. The van der Waals surface area contributed by atoms with Crippen molar-refractivity contribution in [1.29, 1.82) is 0 Å². The third-order valence-electron chi connectivity index (χ3n) is 3.92. The smallest absolute Gasteiger partial charge is 0.306 e. The van der Waals surface area contributed by atoms with E-state index in [0.717, 1.165) is 57.0 Å². The number of carboxylic acids is 1. The van der Waals surface area contributed by atoms with Crippen LogP contribution in [0.1, 0.15) is 71.6 Å². The SMILES string of the molecule is COC(=O)CCCCP(CCCCC(=O)O)CCCCC(=O)OC(C)C. The molecule has 0 spiro atoms. The van der Waals surface area contributed by atoms with E-state index in [0.29, 0.717) is 12.8 Å². The minimum atomic E-state index is -0.740. The number of carbonyl (C=O) groups is 3. The van der Waals surface area contributed by atoms with E-state index in [2.05, 4.69) is 4.74 Å². The minimum absolute atomic E-state index is 0.0660. The van der Waals surface area contributed by atoms with Crippen molar-refractivity contribution >= 4 is 25.8 Å². The number of rotatable bonds is 16. The topological polar surface area (TPSA) is 89.9 Å². The quantitative estimate of drug-likeness (QED) is 0.241. The standard InChI is InChI=1S/C19H35O6P/c1-16(2)25-19(23)12-6-9-15-26(13-7-4-10-17(20)21)14-8-5-11-18(22)24-3/h16H,4-15H2,1-3H3,(H,20,21). The van der Waals surface area contributed by atoms with Crippen molar-refractivity contribution in [1.82, 2.24) is 0 Å². The number of hydrogen-bond acceptors (Lipinski definition) is 5. The molecule has 0 saturated carbocycles. The number of carboxylic acid groups (broad SMARTS) is 1. The van der Waals surface area contributed by atoms with Crippen molar-refractivity contribution < 1.29 is 29.0 Å². The summed E-state index contributed by atoms with van der Waals surface area (Å²) in [4.78, 5) is 33.3. The third-order valence-corrected chi connectivity index (χ3v) is 6.77. The fourth-order valence-electron chi connectivity index (χ4n) is 2.58. The molecule has 1 unspecified atom stereocenters. The number of methoxy groups -OCH3 is 1. The number of hydrogen-bond donors (Lipinski definition) is 1. The van der Waals surface area contributed by atoms with Gasteiger partial charge in [0.25, 0.3) is 0 Å². The number of unbranched alkanes of at least 4 members (excludes halogenated alkanes) is 3. The highest BCUT2D eigenvalue weighted by Gasteiger charge is 2.11. The van der Waals surface area contributed by atoms with Gasteiger partial charge in [-0.1, -0.05) is 0 Å². The van der Waals surface area contributed by atoms with Crippen LogP contribution < -0.4 is 0 Å². The normalized spacial score (nSPS) is 12.0. The molecule has 1 atom stereocenters. The zero-order chi connectivity index (χ0) is 19.8. The van der Waals surface area contributed by atoms with Gasteiger partial charge in [0.05, 0.1) is 13.2 Å². The minimum Gasteiger partial charge on any atom is -0.481 e. The molecule has 6 nitrogen and oxygen atoms in total. The highest BCUT2D eigenvalue weighted by atomic mass is 31.1. The molecule has 0 heterocycles. The van der Waals surface area contributed by atoms with Crippen LogP contribution in [-0.4, -0.2) is 54.7 Å². The lowest BCUT2D eigenvalue weighted by atomic mass is 10.2. The second kappa shape index (κ2) is 16.0. The first-order valence-corrected chi connectivity index (χ1v) is 11.4. The van der Waals surface area contributed by atoms with Crippen molar-refractivity contribution in [3.63, 3.8) is 0 Å². The fraction of sp³-hybridized carbons (Fsp3) is 0.842. The molecular formula is C19H35O6P. The van der Waals surface area contributed by atoms with Crippen LogP contribution in [0.4, 0.5) is 0 Å². The molecule has 152 valence electrons. The highest BCUT2D eigenvalue weighted by Crippen LogP contribution is 2.39. The largest absolute Gasteiger partial charge is 0.481 e. The number of ether oxygens (including phenoxy) is 2. The predicted molar refractivity (Wildman–Crippen MR) is 104 cm³/mol. The van der Waals surface area contributed by atoms with E-state index >= 15 is 0 Å². The number of esters is 2. The summed E-state index contributed by atoms with van der Waals surface area (Å²) in [5.41, 5.74) is 0. The first-order chi connectivity index (χ1) is 12.3. The van der Waals surface area contributed by atoms with E-state index in [1.807, 2.05) is 13.8 Å². The predicted octanol–water partition coefficient (Wildman–Crippen LogP) is 4.19. The van der Waals surface area contributed by atoms with Crippen LogP contribution in [-0.2, 0) is 23.9 Å². The lowest BCUT2D eigenvalue weighted by Gasteiger charge is -2.17. The summed E-state index contributed by atoms with van der Waals surface area (Å²) >= 11 is 0. The molecule has 0 bridgehead atoms. The van der Waals surface area contributed by atoms with Gasteiger partial charge in [-0.15, -0.1) is 7.92 Å². The van der Waals surface area contributed by atoms with E-state index in [-0.39, 0.29) is 32.4 Å². The van der Waals surface area contributed by atoms with Crippen LogP contribution >= 0.6 is 7.92 Å². The van der Waals surface area contributed by atoms with Crippen LogP contribution in [0.3, 0.4) is 0 Å². The maximum Gasteiger partial charge on any atom is 0.306 e. The number of aliphatic carboxylic acids is 1. The Morgan fingerprint density at radius 3 is 1.69 bits per heavy atom. The van der Waals surface area contributed by atoms with Gasteiger partial charge in [0.2, 0.25) is 0 Å². The zero-order valence-electron chi connectivity index (χ0n) is 16.5. The molecule has 0 aliphatic heterocycles. The summed E-state index contributed by atoms with van der Waals surface area (Å²) in [7, 11) is 1.23. The van der Waals surface area contributed by atoms with Crippen LogP contribution in [0.25, 0.3) is 0 Å². The molecule has 7 heteroatoms. The van der Waals surface area contributed by atoms with Crippen molar-refractivity contribution in [3.05, 3.63) is 0 Å². The molecule has 0 fully saturated rings. The second-order valence-electron chi connectivity index (χ2n) is 6.72. The van der Waals surface area contributed by atoms with E-state index in [1.165, 1.54) is 7.11 Å². The lowest BCUT2D eigenvalue weighted by molar-refractivity contribution is -0.147. The molecular weight excluding hydrogens is 355 g/mol. The van der Waals surface area contributed by atoms with Gasteiger partial charge in [-0.2, -0.15) is 0 Å². The third kappa shape index (κ3) is 16.3. The van der Waals surface area contributed by atoms with Gasteiger partial charge in [-0.05, 0) is 70.9 Å². The van der Waals surface area contributed by atoms with Gasteiger partial charge in [0.15, 0.2) is 0 Å². The first kappa shape index (κ1) is 24.8. The first-order valence-electron chi connectivity index (χ1n) is 9.55. The van der Waals surface area contributed by atoms with Crippen molar-refractivity contribution in [2.75, 3.05) is 25.6 Å². The van der Waals surface area contributed by atoms with Gasteiger partial charge < -0.3 is 14.6 Å². The van der Waals surface area contributed by atoms with Gasteiger partial charge in [0, 0.05) is 19.3 Å². The van der Waals surface area contributed by atoms with Gasteiger partial charge >= 0.3 is 17.9 Å². The molecule has 0 saturated heterocycles. The van der Waals surface area contributed by atoms with Gasteiger partial charge in [0.1, 0.15) is 0 Å². The van der Waals surface area contributed by atoms with E-state index in [9.17, 15) is 14.4 Å². The summed E-state index contributed by atoms with van der Waals surface area (Å²) in [6, 6.07) is 0. The van der Waals surface area contributed by atoms with Gasteiger partial charge in [-0.3, -0.25) is 14.4 Å². The molecule has 0 amide bonds. The van der Waals surface area contributed by atoms with E-state index in [4.69, 9.17) is 9.84 Å². The van der Waals surface area contributed by atoms with Crippen LogP contribution in [0, 0.1) is 0 Å². The van der Waals surface area contributed by atoms with Crippen molar-refractivity contribution in [2.45, 2.75) is 77.7 Å². The second-order valence-corrected chi connectivity index (χ2v) is 9.40. The lowest BCUT2D eigenvalue weighted by Crippen LogP contribution is -2.11. The highest BCUT2D eigenvalue weighted by molar-refractivity contribution is 7.57.